The second-order valence-electron chi connectivity index (χ2n) is 7.20. The molecule has 0 aliphatic rings. The van der Waals surface area contributed by atoms with Crippen molar-refractivity contribution in [1.29, 1.82) is 0 Å². The topological polar surface area (TPSA) is 72.5 Å². The van der Waals surface area contributed by atoms with E-state index in [9.17, 15) is 13.2 Å². The highest BCUT2D eigenvalue weighted by Gasteiger charge is 2.09. The van der Waals surface area contributed by atoms with Gasteiger partial charge in [-0.1, -0.05) is 66.7 Å². The Morgan fingerprint density at radius 2 is 1.43 bits per heavy atom. The Balaban J connectivity index is 1.55. The van der Waals surface area contributed by atoms with Crippen LogP contribution in [0.2, 0.25) is 0 Å². The van der Waals surface area contributed by atoms with Crippen LogP contribution < -0.4 is 5.32 Å². The number of ether oxygens (including phenoxy) is 1. The van der Waals surface area contributed by atoms with E-state index >= 15 is 0 Å². The summed E-state index contributed by atoms with van der Waals surface area (Å²) in [4.78, 5) is 12.5. The van der Waals surface area contributed by atoms with Crippen molar-refractivity contribution in [3.63, 3.8) is 0 Å². The standard InChI is InChI=1S/C24H25NO4S/c1-30(27,28)18-20-11-13-21(14-12-20)24(26)25-15-22-9-5-6-10-23(22)17-29-16-19-7-3-2-4-8-19/h2-14H,15-18H2,1H3,(H,25,26). The monoisotopic (exact) mass is 423 g/mol. The number of rotatable bonds is 9. The molecule has 3 aromatic carbocycles. The van der Waals surface area contributed by atoms with Crippen LogP contribution in [0, 0.1) is 0 Å². The number of benzene rings is 3. The van der Waals surface area contributed by atoms with E-state index in [4.69, 9.17) is 4.74 Å². The lowest BCUT2D eigenvalue weighted by Crippen LogP contribution is -2.23. The Bertz CT molecular complexity index is 1080. The van der Waals surface area contributed by atoms with Crippen LogP contribution >= 0.6 is 0 Å². The number of hydrogen-bond acceptors (Lipinski definition) is 4. The van der Waals surface area contributed by atoms with Gasteiger partial charge in [0.1, 0.15) is 0 Å². The third kappa shape index (κ3) is 6.83. The fourth-order valence-electron chi connectivity index (χ4n) is 3.06. The zero-order valence-electron chi connectivity index (χ0n) is 16.9. The maximum atomic E-state index is 12.5. The molecule has 0 spiro atoms. The molecule has 156 valence electrons. The molecule has 1 N–H and O–H groups in total. The Morgan fingerprint density at radius 1 is 0.800 bits per heavy atom. The predicted octanol–water partition coefficient (Wildman–Crippen LogP) is 3.88. The van der Waals surface area contributed by atoms with E-state index in [-0.39, 0.29) is 11.7 Å². The summed E-state index contributed by atoms with van der Waals surface area (Å²) >= 11 is 0. The molecule has 3 aromatic rings. The number of nitrogens with one attached hydrogen (secondary N) is 1. The first-order valence-electron chi connectivity index (χ1n) is 9.64. The average Bonchev–Trinajstić information content (AvgIpc) is 2.73. The van der Waals surface area contributed by atoms with Gasteiger partial charge >= 0.3 is 0 Å². The predicted molar refractivity (Wildman–Crippen MR) is 118 cm³/mol. The highest BCUT2D eigenvalue weighted by atomic mass is 32.2. The van der Waals surface area contributed by atoms with Crippen LogP contribution in [-0.2, 0) is 40.1 Å². The maximum Gasteiger partial charge on any atom is 0.251 e. The van der Waals surface area contributed by atoms with Gasteiger partial charge in [-0.15, -0.1) is 0 Å². The highest BCUT2D eigenvalue weighted by Crippen LogP contribution is 2.13. The number of carbonyl (C=O) groups excluding carboxylic acids is 1. The van der Waals surface area contributed by atoms with Crippen molar-refractivity contribution in [3.05, 3.63) is 107 Å². The summed E-state index contributed by atoms with van der Waals surface area (Å²) in [5.41, 5.74) is 4.28. The van der Waals surface area contributed by atoms with Crippen LogP contribution in [0.4, 0.5) is 0 Å². The molecular weight excluding hydrogens is 398 g/mol. The molecule has 0 heterocycles. The molecule has 0 aliphatic carbocycles. The van der Waals surface area contributed by atoms with Gasteiger partial charge in [-0.05, 0) is 34.4 Å². The smallest absolute Gasteiger partial charge is 0.251 e. The van der Waals surface area contributed by atoms with Crippen LogP contribution in [-0.4, -0.2) is 20.6 Å². The Labute approximate surface area is 177 Å². The Hall–Kier alpha value is -2.96. The van der Waals surface area contributed by atoms with E-state index < -0.39 is 9.84 Å². The van der Waals surface area contributed by atoms with Gasteiger partial charge in [0.15, 0.2) is 9.84 Å². The summed E-state index contributed by atoms with van der Waals surface area (Å²) in [6, 6.07) is 24.4. The van der Waals surface area contributed by atoms with E-state index in [1.54, 1.807) is 24.3 Å². The van der Waals surface area contributed by atoms with Crippen LogP contribution in [0.1, 0.15) is 32.6 Å². The largest absolute Gasteiger partial charge is 0.372 e. The second kappa shape index (κ2) is 10.2. The van der Waals surface area contributed by atoms with Crippen molar-refractivity contribution >= 4 is 15.7 Å². The zero-order valence-corrected chi connectivity index (χ0v) is 17.7. The summed E-state index contributed by atoms with van der Waals surface area (Å²) < 4.78 is 28.6. The first-order valence-corrected chi connectivity index (χ1v) is 11.7. The molecule has 0 radical (unpaired) electrons. The molecule has 3 rings (SSSR count). The van der Waals surface area contributed by atoms with E-state index in [2.05, 4.69) is 5.32 Å². The third-order valence-corrected chi connectivity index (χ3v) is 5.43. The molecular formula is C24H25NO4S. The van der Waals surface area contributed by atoms with Gasteiger partial charge in [-0.2, -0.15) is 0 Å². The van der Waals surface area contributed by atoms with Gasteiger partial charge in [0.25, 0.3) is 5.91 Å². The van der Waals surface area contributed by atoms with Crippen molar-refractivity contribution in [2.75, 3.05) is 6.26 Å². The average molecular weight is 424 g/mol. The van der Waals surface area contributed by atoms with E-state index in [0.29, 0.717) is 30.9 Å². The number of hydrogen-bond donors (Lipinski definition) is 1. The molecule has 0 aliphatic heterocycles. The molecule has 30 heavy (non-hydrogen) atoms. The van der Waals surface area contributed by atoms with Crippen molar-refractivity contribution in [2.45, 2.75) is 25.5 Å². The van der Waals surface area contributed by atoms with E-state index in [0.717, 1.165) is 16.7 Å². The minimum atomic E-state index is -3.10. The van der Waals surface area contributed by atoms with Gasteiger partial charge in [-0.25, -0.2) is 8.42 Å². The van der Waals surface area contributed by atoms with Gasteiger partial charge in [-0.3, -0.25) is 4.79 Å². The summed E-state index contributed by atoms with van der Waals surface area (Å²) in [6.07, 6.45) is 1.19. The molecule has 5 nitrogen and oxygen atoms in total. The van der Waals surface area contributed by atoms with Crippen molar-refractivity contribution in [1.82, 2.24) is 5.32 Å². The molecule has 1 amide bonds. The number of sulfone groups is 1. The van der Waals surface area contributed by atoms with E-state index in [1.807, 2.05) is 54.6 Å². The molecule has 0 bridgehead atoms. The molecule has 0 atom stereocenters. The molecule has 0 aromatic heterocycles. The first kappa shape index (κ1) is 21.7. The van der Waals surface area contributed by atoms with Gasteiger partial charge < -0.3 is 10.1 Å². The second-order valence-corrected chi connectivity index (χ2v) is 9.34. The fourth-order valence-corrected chi connectivity index (χ4v) is 3.85. The van der Waals surface area contributed by atoms with Crippen LogP contribution in [0.15, 0.2) is 78.9 Å². The first-order chi connectivity index (χ1) is 14.4. The Kier molecular flexibility index (Phi) is 7.38. The third-order valence-electron chi connectivity index (χ3n) is 4.57. The lowest BCUT2D eigenvalue weighted by atomic mass is 10.1. The maximum absolute atomic E-state index is 12.5. The minimum absolute atomic E-state index is 0.0365. The molecule has 6 heteroatoms. The van der Waals surface area contributed by atoms with Crippen LogP contribution in [0.5, 0.6) is 0 Å². The molecule has 0 unspecified atom stereocenters. The minimum Gasteiger partial charge on any atom is -0.372 e. The number of carbonyl (C=O) groups is 1. The summed E-state index contributed by atoms with van der Waals surface area (Å²) in [7, 11) is -3.10. The fraction of sp³-hybridized carbons (Fsp3) is 0.208. The zero-order chi connectivity index (χ0) is 21.4. The summed E-state index contributed by atoms with van der Waals surface area (Å²) in [5.74, 6) is -0.244. The SMILES string of the molecule is CS(=O)(=O)Cc1ccc(C(=O)NCc2ccccc2COCc2ccccc2)cc1. The van der Waals surface area contributed by atoms with Crippen LogP contribution in [0.25, 0.3) is 0 Å². The van der Waals surface area contributed by atoms with Crippen molar-refractivity contribution in [3.8, 4) is 0 Å². The van der Waals surface area contributed by atoms with E-state index in [1.165, 1.54) is 6.26 Å². The van der Waals surface area contributed by atoms with Gasteiger partial charge in [0.2, 0.25) is 0 Å². The van der Waals surface area contributed by atoms with Gasteiger partial charge in [0, 0.05) is 18.4 Å². The molecule has 0 saturated carbocycles. The lowest BCUT2D eigenvalue weighted by Gasteiger charge is -2.12. The summed E-state index contributed by atoms with van der Waals surface area (Å²) in [5, 5.41) is 2.92. The van der Waals surface area contributed by atoms with Crippen LogP contribution in [0.3, 0.4) is 0 Å². The van der Waals surface area contributed by atoms with Gasteiger partial charge in [0.05, 0.1) is 19.0 Å². The Morgan fingerprint density at radius 3 is 2.10 bits per heavy atom. The normalized spacial score (nSPS) is 11.2. The van der Waals surface area contributed by atoms with Crippen molar-refractivity contribution < 1.29 is 17.9 Å². The quantitative estimate of drug-likeness (QED) is 0.567. The highest BCUT2D eigenvalue weighted by molar-refractivity contribution is 7.89. The lowest BCUT2D eigenvalue weighted by molar-refractivity contribution is 0.0947. The summed E-state index contributed by atoms with van der Waals surface area (Å²) in [6.45, 7) is 1.37. The number of amides is 1. The molecule has 0 saturated heterocycles. The van der Waals surface area contributed by atoms with Crippen molar-refractivity contribution in [2.24, 2.45) is 0 Å². The molecule has 0 fully saturated rings.